The molecule has 0 fully saturated rings. The molecule has 68 heavy (non-hydrogen) atoms. The average molecular weight is 877 g/mol. The minimum absolute atomic E-state index is 0.0556. The zero-order valence-corrected chi connectivity index (χ0v) is 41.8. The molecule has 0 spiro atoms. The molecule has 2 nitrogen and oxygen atoms in total. The summed E-state index contributed by atoms with van der Waals surface area (Å²) in [6, 6.07) is 52.5. The molecule has 4 heteroatoms. The van der Waals surface area contributed by atoms with Crippen LogP contribution in [0.5, 0.6) is 0 Å². The molecule has 0 aromatic heterocycles. The van der Waals surface area contributed by atoms with Gasteiger partial charge in [-0.05, 0) is 161 Å². The number of para-hydroxylation sites is 2. The van der Waals surface area contributed by atoms with Crippen LogP contribution in [0.25, 0.3) is 32.3 Å². The van der Waals surface area contributed by atoms with Crippen molar-refractivity contribution < 1.29 is 0 Å². The molecule has 2 aliphatic rings. The summed E-state index contributed by atoms with van der Waals surface area (Å²) in [5.41, 5.74) is 31.6. The number of nitrogens with zero attached hydrogens (tertiary/aromatic N) is 2. The van der Waals surface area contributed by atoms with E-state index in [0.717, 1.165) is 0 Å². The van der Waals surface area contributed by atoms with Crippen LogP contribution in [0.2, 0.25) is 0 Å². The third-order valence-electron chi connectivity index (χ3n) is 15.7. The lowest BCUT2D eigenvalue weighted by Gasteiger charge is -2.41. The second-order valence-electron chi connectivity index (χ2n) is 20.8. The first-order valence-corrected chi connectivity index (χ1v) is 24.6. The molecule has 10 aromatic rings. The first-order valence-electron chi connectivity index (χ1n) is 24.6. The number of benzene rings is 10. The molecule has 0 aliphatic carbocycles. The van der Waals surface area contributed by atoms with Gasteiger partial charge in [0.15, 0.2) is 0 Å². The number of hydrogen-bond donors (Lipinski definition) is 0. The number of rotatable bonds is 4. The third-order valence-corrected chi connectivity index (χ3v) is 15.7. The quantitative estimate of drug-likeness (QED) is 0.128. The Morgan fingerprint density at radius 1 is 0.294 bits per heavy atom. The Labute approximate surface area is 403 Å². The standard InChI is InChI=1S/C64H58B2N2/c1-35-25-39(5)59(40(6)26-35)65-51-17-13-15-19-55(51)67(61-43(9)29-37(3)30-44(61)10)63-49-23-22-48-34-54-64(50-24-21-47(33-53(63)65)57(49)58(48)50)68(62-45(11)31-38(4)32-46(62)12)56-20-16-14-18-52(56)66(54)60-41(7)27-36(2)28-42(60)8/h13-34H,1-12H3. The summed E-state index contributed by atoms with van der Waals surface area (Å²) in [5.74, 6) is 0. The van der Waals surface area contributed by atoms with Gasteiger partial charge in [-0.25, -0.2) is 0 Å². The summed E-state index contributed by atoms with van der Waals surface area (Å²) in [5, 5.41) is 7.83. The average Bonchev–Trinajstić information content (AvgIpc) is 3.27. The van der Waals surface area contributed by atoms with E-state index in [2.05, 4.69) is 226 Å². The van der Waals surface area contributed by atoms with Crippen LogP contribution in [-0.4, -0.2) is 13.4 Å². The summed E-state index contributed by atoms with van der Waals surface area (Å²) in [4.78, 5) is 5.29. The van der Waals surface area contributed by atoms with E-state index in [4.69, 9.17) is 0 Å². The molecule has 0 radical (unpaired) electrons. The van der Waals surface area contributed by atoms with E-state index in [1.807, 2.05) is 0 Å². The molecule has 10 aromatic carbocycles. The van der Waals surface area contributed by atoms with Crippen LogP contribution < -0.4 is 42.6 Å². The van der Waals surface area contributed by atoms with E-state index in [9.17, 15) is 0 Å². The molecule has 0 amide bonds. The van der Waals surface area contributed by atoms with Gasteiger partial charge in [-0.15, -0.1) is 0 Å². The van der Waals surface area contributed by atoms with Gasteiger partial charge in [-0.2, -0.15) is 0 Å². The van der Waals surface area contributed by atoms with Crippen molar-refractivity contribution in [3.05, 3.63) is 200 Å². The van der Waals surface area contributed by atoms with E-state index in [1.54, 1.807) is 0 Å². The molecule has 0 N–H and O–H groups in total. The molecule has 0 unspecified atom stereocenters. The van der Waals surface area contributed by atoms with Crippen molar-refractivity contribution >= 4 is 113 Å². The van der Waals surface area contributed by atoms with E-state index in [-0.39, 0.29) is 13.4 Å². The normalized spacial score (nSPS) is 13.2. The first-order chi connectivity index (χ1) is 32.7. The van der Waals surface area contributed by atoms with E-state index < -0.39 is 0 Å². The first kappa shape index (κ1) is 42.3. The zero-order chi connectivity index (χ0) is 47.2. The summed E-state index contributed by atoms with van der Waals surface area (Å²) in [6.45, 7) is 27.5. The number of aryl methyl sites for hydroxylation is 12. The smallest absolute Gasteiger partial charge is 0.247 e. The van der Waals surface area contributed by atoms with Crippen LogP contribution in [0.4, 0.5) is 34.1 Å². The van der Waals surface area contributed by atoms with E-state index >= 15 is 0 Å². The maximum absolute atomic E-state index is 2.64. The fraction of sp³-hybridized carbons (Fsp3) is 0.188. The van der Waals surface area contributed by atoms with Gasteiger partial charge in [0.2, 0.25) is 13.4 Å². The molecule has 0 atom stereocenters. The van der Waals surface area contributed by atoms with Gasteiger partial charge in [0, 0.05) is 33.5 Å². The van der Waals surface area contributed by atoms with Crippen molar-refractivity contribution in [1.29, 1.82) is 0 Å². The Kier molecular flexibility index (Phi) is 9.49. The van der Waals surface area contributed by atoms with Crippen molar-refractivity contribution in [1.82, 2.24) is 0 Å². The summed E-state index contributed by atoms with van der Waals surface area (Å²) in [7, 11) is 0. The Hall–Kier alpha value is -7.03. The lowest BCUT2D eigenvalue weighted by molar-refractivity contribution is 1.21. The number of hydrogen-bond acceptors (Lipinski definition) is 2. The zero-order valence-electron chi connectivity index (χ0n) is 41.8. The van der Waals surface area contributed by atoms with Crippen LogP contribution in [0.15, 0.2) is 133 Å². The molecule has 0 bridgehead atoms. The van der Waals surface area contributed by atoms with Crippen molar-refractivity contribution in [3.8, 4) is 0 Å². The van der Waals surface area contributed by atoms with Gasteiger partial charge in [-0.3, -0.25) is 0 Å². The van der Waals surface area contributed by atoms with E-state index in [0.29, 0.717) is 0 Å². The summed E-state index contributed by atoms with van der Waals surface area (Å²) in [6.07, 6.45) is 0. The van der Waals surface area contributed by atoms with Gasteiger partial charge in [-0.1, -0.05) is 177 Å². The predicted octanol–water partition coefficient (Wildman–Crippen LogP) is 12.9. The molecule has 2 aliphatic heterocycles. The summed E-state index contributed by atoms with van der Waals surface area (Å²) < 4.78 is 0. The molecule has 0 saturated carbocycles. The van der Waals surface area contributed by atoms with Crippen molar-refractivity contribution in [3.63, 3.8) is 0 Å². The second kappa shape index (κ2) is 15.2. The summed E-state index contributed by atoms with van der Waals surface area (Å²) >= 11 is 0. The van der Waals surface area contributed by atoms with Crippen molar-refractivity contribution in [2.75, 3.05) is 9.80 Å². The molecule has 2 heterocycles. The molecule has 12 rings (SSSR count). The van der Waals surface area contributed by atoms with E-state index in [1.165, 1.54) is 166 Å². The second-order valence-corrected chi connectivity index (χ2v) is 20.8. The van der Waals surface area contributed by atoms with Gasteiger partial charge in [0.05, 0.1) is 11.4 Å². The number of fused-ring (bicyclic) bond motifs is 6. The van der Waals surface area contributed by atoms with Crippen molar-refractivity contribution in [2.45, 2.75) is 83.1 Å². The lowest BCUT2D eigenvalue weighted by atomic mass is 9.33. The molecule has 330 valence electrons. The lowest BCUT2D eigenvalue weighted by Crippen LogP contribution is -2.59. The Morgan fingerprint density at radius 3 is 0.941 bits per heavy atom. The van der Waals surface area contributed by atoms with Crippen LogP contribution in [0.3, 0.4) is 0 Å². The number of anilines is 6. The Bertz CT molecular complexity index is 3460. The van der Waals surface area contributed by atoms with Gasteiger partial charge in [0.1, 0.15) is 0 Å². The molecule has 0 saturated heterocycles. The van der Waals surface area contributed by atoms with Crippen molar-refractivity contribution in [2.24, 2.45) is 0 Å². The minimum atomic E-state index is 0.0556. The highest BCUT2D eigenvalue weighted by Crippen LogP contribution is 2.50. The van der Waals surface area contributed by atoms with Crippen LogP contribution in [0.1, 0.15) is 66.8 Å². The molecular formula is C64H58B2N2. The Balaban J connectivity index is 1.25. The van der Waals surface area contributed by atoms with Crippen LogP contribution in [-0.2, 0) is 0 Å². The predicted molar refractivity (Wildman–Crippen MR) is 299 cm³/mol. The topological polar surface area (TPSA) is 6.48 Å². The SMILES string of the molecule is Cc1cc(C)c(B2c3ccccc3N(c3c(C)cc(C)cc3C)c3c2cc2ccc4c5c(cc6ccc3c2c64)B(c2c(C)cc(C)cc2C)c2ccccc2N5c2c(C)cc(C)cc2C)c(C)c1. The van der Waals surface area contributed by atoms with Crippen LogP contribution >= 0.6 is 0 Å². The monoisotopic (exact) mass is 876 g/mol. The van der Waals surface area contributed by atoms with Gasteiger partial charge < -0.3 is 9.80 Å². The highest BCUT2D eigenvalue weighted by molar-refractivity contribution is 6.99. The highest BCUT2D eigenvalue weighted by atomic mass is 15.2. The van der Waals surface area contributed by atoms with Gasteiger partial charge in [0.25, 0.3) is 0 Å². The third kappa shape index (κ3) is 6.05. The van der Waals surface area contributed by atoms with Gasteiger partial charge >= 0.3 is 0 Å². The van der Waals surface area contributed by atoms with Crippen LogP contribution in [0, 0.1) is 83.1 Å². The molecular weight excluding hydrogens is 818 g/mol. The maximum Gasteiger partial charge on any atom is 0.247 e. The highest BCUT2D eigenvalue weighted by Gasteiger charge is 2.42. The fourth-order valence-corrected chi connectivity index (χ4v) is 13.8. The maximum atomic E-state index is 2.64. The fourth-order valence-electron chi connectivity index (χ4n) is 13.8. The Morgan fingerprint density at radius 2 is 0.603 bits per heavy atom. The largest absolute Gasteiger partial charge is 0.310 e. The minimum Gasteiger partial charge on any atom is -0.310 e.